The predicted molar refractivity (Wildman–Crippen MR) is 88.7 cm³/mol. The third kappa shape index (κ3) is 3.75. The summed E-state index contributed by atoms with van der Waals surface area (Å²) in [5.74, 6) is 0. The number of nitrogens with one attached hydrogen (secondary N) is 1. The Kier molecular flexibility index (Phi) is 4.82. The molecule has 2 aromatic rings. The van der Waals surface area contributed by atoms with Gasteiger partial charge in [-0.3, -0.25) is 4.90 Å². The number of nitrogens with zero attached hydrogens (tertiary/aromatic N) is 1. The summed E-state index contributed by atoms with van der Waals surface area (Å²) in [6.07, 6.45) is 0.857. The van der Waals surface area contributed by atoms with Crippen molar-refractivity contribution < 1.29 is 4.79 Å². The molecule has 0 fully saturated rings. The van der Waals surface area contributed by atoms with Crippen LogP contribution in [0.15, 0.2) is 48.5 Å². The van der Waals surface area contributed by atoms with E-state index in [1.165, 1.54) is 0 Å². The number of nitrogens with two attached hydrogens (primary N) is 1. The van der Waals surface area contributed by atoms with Crippen LogP contribution in [0.25, 0.3) is 0 Å². The highest BCUT2D eigenvalue weighted by atomic mass is 16.2. The number of rotatable bonds is 4. The van der Waals surface area contributed by atoms with Crippen LogP contribution in [0.3, 0.4) is 0 Å². The van der Waals surface area contributed by atoms with Gasteiger partial charge in [-0.2, -0.15) is 0 Å². The minimum absolute atomic E-state index is 0.168. The van der Waals surface area contributed by atoms with Crippen LogP contribution in [-0.2, 0) is 0 Å². The van der Waals surface area contributed by atoms with E-state index in [-0.39, 0.29) is 6.03 Å². The number of amides is 2. The van der Waals surface area contributed by atoms with E-state index < -0.39 is 0 Å². The molecule has 2 amide bonds. The number of hydrogen-bond acceptors (Lipinski definition) is 2. The lowest BCUT2D eigenvalue weighted by molar-refractivity contribution is 0.257. The van der Waals surface area contributed by atoms with Gasteiger partial charge in [-0.05, 0) is 37.6 Å². The first-order valence-electron chi connectivity index (χ1n) is 7.11. The molecule has 0 radical (unpaired) electrons. The molecule has 0 spiro atoms. The number of carbonyl (C=O) groups excluding carboxylic acids is 1. The third-order valence-corrected chi connectivity index (χ3v) is 3.22. The molecule has 3 N–H and O–H groups in total. The second kappa shape index (κ2) is 6.79. The van der Waals surface area contributed by atoms with Crippen molar-refractivity contribution in [1.29, 1.82) is 0 Å². The minimum Gasteiger partial charge on any atom is -0.397 e. The van der Waals surface area contributed by atoms with Crippen molar-refractivity contribution in [3.63, 3.8) is 0 Å². The molecule has 0 heterocycles. The standard InChI is InChI=1S/C17H21N3O/c1-3-12-20(16-7-5-4-6-15(16)18)17(21)19-14-10-8-13(2)9-11-14/h4-11H,3,12,18H2,1-2H3,(H,19,21). The van der Waals surface area contributed by atoms with Crippen LogP contribution in [0.1, 0.15) is 18.9 Å². The third-order valence-electron chi connectivity index (χ3n) is 3.22. The Hall–Kier alpha value is -2.49. The largest absolute Gasteiger partial charge is 0.397 e. The summed E-state index contributed by atoms with van der Waals surface area (Å²) < 4.78 is 0. The van der Waals surface area contributed by atoms with E-state index in [0.29, 0.717) is 12.2 Å². The number of para-hydroxylation sites is 2. The van der Waals surface area contributed by atoms with Crippen LogP contribution in [-0.4, -0.2) is 12.6 Å². The molecule has 0 bridgehead atoms. The Morgan fingerprint density at radius 1 is 1.14 bits per heavy atom. The van der Waals surface area contributed by atoms with Crippen molar-refractivity contribution >= 4 is 23.1 Å². The van der Waals surface area contributed by atoms with Gasteiger partial charge in [0, 0.05) is 12.2 Å². The number of aryl methyl sites for hydroxylation is 1. The molecular formula is C17H21N3O. The van der Waals surface area contributed by atoms with Gasteiger partial charge in [0.15, 0.2) is 0 Å². The summed E-state index contributed by atoms with van der Waals surface area (Å²) >= 11 is 0. The molecule has 0 aliphatic rings. The Labute approximate surface area is 125 Å². The zero-order valence-corrected chi connectivity index (χ0v) is 12.5. The van der Waals surface area contributed by atoms with Crippen LogP contribution in [0.4, 0.5) is 21.9 Å². The van der Waals surface area contributed by atoms with Crippen LogP contribution in [0.2, 0.25) is 0 Å². The van der Waals surface area contributed by atoms with Crippen molar-refractivity contribution in [2.45, 2.75) is 20.3 Å². The zero-order valence-electron chi connectivity index (χ0n) is 12.5. The smallest absolute Gasteiger partial charge is 0.326 e. The predicted octanol–water partition coefficient (Wildman–Crippen LogP) is 4.03. The first kappa shape index (κ1) is 14.9. The number of carbonyl (C=O) groups is 1. The Bertz CT molecular complexity index is 608. The van der Waals surface area contributed by atoms with E-state index in [0.717, 1.165) is 23.4 Å². The molecule has 0 unspecified atom stereocenters. The van der Waals surface area contributed by atoms with Gasteiger partial charge >= 0.3 is 6.03 Å². The quantitative estimate of drug-likeness (QED) is 0.832. The molecule has 0 saturated heterocycles. The van der Waals surface area contributed by atoms with Gasteiger partial charge in [0.25, 0.3) is 0 Å². The fraction of sp³-hybridized carbons (Fsp3) is 0.235. The number of hydrogen-bond donors (Lipinski definition) is 2. The van der Waals surface area contributed by atoms with Gasteiger partial charge in [-0.1, -0.05) is 36.8 Å². The van der Waals surface area contributed by atoms with Crippen LogP contribution < -0.4 is 16.0 Å². The maximum Gasteiger partial charge on any atom is 0.326 e. The lowest BCUT2D eigenvalue weighted by atomic mass is 10.2. The molecule has 4 heteroatoms. The van der Waals surface area contributed by atoms with E-state index in [2.05, 4.69) is 5.32 Å². The molecule has 2 rings (SSSR count). The highest BCUT2D eigenvalue weighted by Crippen LogP contribution is 2.23. The molecule has 0 atom stereocenters. The molecular weight excluding hydrogens is 262 g/mol. The number of anilines is 3. The summed E-state index contributed by atoms with van der Waals surface area (Å²) in [6.45, 7) is 4.66. The fourth-order valence-electron chi connectivity index (χ4n) is 2.12. The summed E-state index contributed by atoms with van der Waals surface area (Å²) in [5, 5.41) is 2.91. The fourth-order valence-corrected chi connectivity index (χ4v) is 2.12. The summed E-state index contributed by atoms with van der Waals surface area (Å²) in [5.41, 5.74) is 9.26. The maximum atomic E-state index is 12.5. The topological polar surface area (TPSA) is 58.4 Å². The SMILES string of the molecule is CCCN(C(=O)Nc1ccc(C)cc1)c1ccccc1N. The Morgan fingerprint density at radius 2 is 1.81 bits per heavy atom. The van der Waals surface area contributed by atoms with E-state index in [4.69, 9.17) is 5.73 Å². The highest BCUT2D eigenvalue weighted by molar-refractivity contribution is 6.03. The van der Waals surface area contributed by atoms with E-state index in [1.54, 1.807) is 11.0 Å². The highest BCUT2D eigenvalue weighted by Gasteiger charge is 2.16. The summed E-state index contributed by atoms with van der Waals surface area (Å²) in [4.78, 5) is 14.2. The van der Waals surface area contributed by atoms with Gasteiger partial charge in [0.1, 0.15) is 0 Å². The summed E-state index contributed by atoms with van der Waals surface area (Å²) in [6, 6.07) is 15.0. The van der Waals surface area contributed by atoms with Gasteiger partial charge in [-0.15, -0.1) is 0 Å². The molecule has 2 aromatic carbocycles. The molecule has 0 saturated carbocycles. The van der Waals surface area contributed by atoms with Crippen molar-refractivity contribution in [3.05, 3.63) is 54.1 Å². The Morgan fingerprint density at radius 3 is 2.43 bits per heavy atom. The van der Waals surface area contributed by atoms with Crippen molar-refractivity contribution in [3.8, 4) is 0 Å². The van der Waals surface area contributed by atoms with Crippen molar-refractivity contribution in [1.82, 2.24) is 0 Å². The van der Waals surface area contributed by atoms with Crippen molar-refractivity contribution in [2.75, 3.05) is 22.5 Å². The molecule has 0 aliphatic heterocycles. The van der Waals surface area contributed by atoms with E-state index in [9.17, 15) is 4.79 Å². The molecule has 21 heavy (non-hydrogen) atoms. The number of benzene rings is 2. The van der Waals surface area contributed by atoms with Crippen LogP contribution in [0, 0.1) is 6.92 Å². The average molecular weight is 283 g/mol. The maximum absolute atomic E-state index is 12.5. The normalized spacial score (nSPS) is 10.2. The van der Waals surface area contributed by atoms with Crippen molar-refractivity contribution in [2.24, 2.45) is 0 Å². The molecule has 110 valence electrons. The number of nitrogen functional groups attached to an aromatic ring is 1. The molecule has 0 aromatic heterocycles. The minimum atomic E-state index is -0.168. The van der Waals surface area contributed by atoms with E-state index in [1.807, 2.05) is 56.3 Å². The lowest BCUT2D eigenvalue weighted by Gasteiger charge is -2.24. The second-order valence-corrected chi connectivity index (χ2v) is 5.01. The first-order valence-corrected chi connectivity index (χ1v) is 7.11. The van der Waals surface area contributed by atoms with E-state index >= 15 is 0 Å². The molecule has 4 nitrogen and oxygen atoms in total. The average Bonchev–Trinajstić information content (AvgIpc) is 2.48. The van der Waals surface area contributed by atoms with Gasteiger partial charge in [0.2, 0.25) is 0 Å². The number of urea groups is 1. The lowest BCUT2D eigenvalue weighted by Crippen LogP contribution is -2.36. The van der Waals surface area contributed by atoms with Crippen LogP contribution in [0.5, 0.6) is 0 Å². The van der Waals surface area contributed by atoms with Gasteiger partial charge < -0.3 is 11.1 Å². The van der Waals surface area contributed by atoms with Crippen LogP contribution >= 0.6 is 0 Å². The van der Waals surface area contributed by atoms with Gasteiger partial charge in [0.05, 0.1) is 11.4 Å². The van der Waals surface area contributed by atoms with Gasteiger partial charge in [-0.25, -0.2) is 4.79 Å². The first-order chi connectivity index (χ1) is 10.1. The monoisotopic (exact) mass is 283 g/mol. The second-order valence-electron chi connectivity index (χ2n) is 5.01. The zero-order chi connectivity index (χ0) is 15.2. The Balaban J connectivity index is 2.20. The molecule has 0 aliphatic carbocycles. The summed E-state index contributed by atoms with van der Waals surface area (Å²) in [7, 11) is 0.